The zero-order chi connectivity index (χ0) is 20.8. The van der Waals surface area contributed by atoms with Crippen LogP contribution >= 0.6 is 0 Å². The van der Waals surface area contributed by atoms with Crippen LogP contribution in [0.1, 0.15) is 33.3 Å². The third-order valence-electron chi connectivity index (χ3n) is 5.06. The van der Waals surface area contributed by atoms with Crippen LogP contribution in [0, 0.1) is 13.8 Å². The number of sulfonamides is 1. The van der Waals surface area contributed by atoms with Crippen molar-refractivity contribution in [2.75, 3.05) is 18.0 Å². The second-order valence-corrected chi connectivity index (χ2v) is 8.67. The molecule has 0 saturated carbocycles. The van der Waals surface area contributed by atoms with Crippen LogP contribution in [0.25, 0.3) is 0 Å². The quantitative estimate of drug-likeness (QED) is 0.595. The first-order chi connectivity index (χ1) is 13.8. The fourth-order valence-corrected chi connectivity index (χ4v) is 5.58. The van der Waals surface area contributed by atoms with Crippen molar-refractivity contribution in [1.82, 2.24) is 9.78 Å². The van der Waals surface area contributed by atoms with Gasteiger partial charge in [0, 0.05) is 6.54 Å². The van der Waals surface area contributed by atoms with Gasteiger partial charge in [0.1, 0.15) is 10.7 Å². The van der Waals surface area contributed by atoms with Crippen molar-refractivity contribution in [3.05, 3.63) is 64.9 Å². The minimum Gasteiger partial charge on any atom is -0.463 e. The number of carbonyl (C=O) groups is 1. The van der Waals surface area contributed by atoms with Gasteiger partial charge in [0.15, 0.2) is 0 Å². The second kappa shape index (κ2) is 7.07. The average molecular weight is 415 g/mol. The molecule has 0 atom stereocenters. The Bertz CT molecular complexity index is 1190. The van der Waals surface area contributed by atoms with E-state index in [1.807, 2.05) is 24.3 Å². The van der Waals surface area contributed by atoms with Gasteiger partial charge in [0.25, 0.3) is 10.0 Å². The van der Waals surface area contributed by atoms with Gasteiger partial charge in [-0.1, -0.05) is 18.2 Å². The van der Waals surface area contributed by atoms with Gasteiger partial charge >= 0.3 is 5.97 Å². The number of methoxy groups -OCH3 is 1. The predicted molar refractivity (Wildman–Crippen MR) is 106 cm³/mol. The van der Waals surface area contributed by atoms with Crippen LogP contribution in [0.3, 0.4) is 0 Å². The molecule has 1 aliphatic heterocycles. The molecule has 0 saturated heterocycles. The molecule has 3 heterocycles. The molecule has 9 heteroatoms. The van der Waals surface area contributed by atoms with Gasteiger partial charge in [-0.3, -0.25) is 8.99 Å². The molecule has 0 bridgehead atoms. The SMILES string of the molecule is COC(=O)c1ccc(Cn2nc(C)c(S(=O)(=O)N3CCc4ccccc43)c2C)o1. The van der Waals surface area contributed by atoms with E-state index in [-0.39, 0.29) is 17.2 Å². The number of para-hydroxylation sites is 1. The molecule has 1 aliphatic rings. The van der Waals surface area contributed by atoms with Crippen LogP contribution in [0.15, 0.2) is 45.7 Å². The summed E-state index contributed by atoms with van der Waals surface area (Å²) >= 11 is 0. The first kappa shape index (κ1) is 19.3. The van der Waals surface area contributed by atoms with Gasteiger partial charge in [-0.05, 0) is 44.0 Å². The number of nitrogens with zero attached hydrogens (tertiary/aromatic N) is 3. The smallest absolute Gasteiger partial charge is 0.373 e. The highest BCUT2D eigenvalue weighted by molar-refractivity contribution is 7.93. The van der Waals surface area contributed by atoms with Gasteiger partial charge in [0.05, 0.1) is 30.7 Å². The first-order valence-electron chi connectivity index (χ1n) is 9.14. The van der Waals surface area contributed by atoms with Crippen molar-refractivity contribution in [1.29, 1.82) is 0 Å². The summed E-state index contributed by atoms with van der Waals surface area (Å²) in [7, 11) is -2.47. The topological polar surface area (TPSA) is 94.6 Å². The number of esters is 1. The number of fused-ring (bicyclic) bond motifs is 1. The number of hydrogen-bond donors (Lipinski definition) is 0. The Labute approximate surface area is 168 Å². The largest absolute Gasteiger partial charge is 0.463 e. The number of carbonyl (C=O) groups excluding carboxylic acids is 1. The van der Waals surface area contributed by atoms with Crippen molar-refractivity contribution in [2.45, 2.75) is 31.7 Å². The Morgan fingerprint density at radius 2 is 1.97 bits per heavy atom. The minimum absolute atomic E-state index is 0.0885. The molecule has 0 spiro atoms. The van der Waals surface area contributed by atoms with Gasteiger partial charge in [-0.2, -0.15) is 5.10 Å². The molecular weight excluding hydrogens is 394 g/mol. The van der Waals surface area contributed by atoms with Crippen LogP contribution in [0.4, 0.5) is 5.69 Å². The van der Waals surface area contributed by atoms with Crippen molar-refractivity contribution < 1.29 is 22.4 Å². The molecular formula is C20H21N3O5S. The number of benzene rings is 1. The molecule has 8 nitrogen and oxygen atoms in total. The van der Waals surface area contributed by atoms with E-state index >= 15 is 0 Å². The fourth-order valence-electron chi connectivity index (χ4n) is 3.70. The molecule has 0 N–H and O–H groups in total. The number of anilines is 1. The van der Waals surface area contributed by atoms with Crippen LogP contribution in [-0.2, 0) is 27.7 Å². The number of rotatable bonds is 5. The molecule has 152 valence electrons. The van der Waals surface area contributed by atoms with E-state index in [4.69, 9.17) is 4.42 Å². The van der Waals surface area contributed by atoms with Crippen molar-refractivity contribution in [3.63, 3.8) is 0 Å². The minimum atomic E-state index is -3.75. The highest BCUT2D eigenvalue weighted by Gasteiger charge is 2.35. The zero-order valence-corrected chi connectivity index (χ0v) is 17.2. The molecule has 3 aromatic rings. The lowest BCUT2D eigenvalue weighted by molar-refractivity contribution is 0.0562. The van der Waals surface area contributed by atoms with E-state index < -0.39 is 16.0 Å². The summed E-state index contributed by atoms with van der Waals surface area (Å²) in [5, 5.41) is 4.41. The summed E-state index contributed by atoms with van der Waals surface area (Å²) in [5.41, 5.74) is 2.67. The predicted octanol–water partition coefficient (Wildman–Crippen LogP) is 2.68. The first-order valence-corrected chi connectivity index (χ1v) is 10.6. The number of aryl methyl sites for hydroxylation is 1. The Kier molecular flexibility index (Phi) is 4.70. The average Bonchev–Trinajstić information content (AvgIpc) is 3.39. The van der Waals surface area contributed by atoms with Gasteiger partial charge in [-0.25, -0.2) is 13.2 Å². The van der Waals surface area contributed by atoms with Crippen LogP contribution in [-0.4, -0.2) is 37.8 Å². The summed E-state index contributed by atoms with van der Waals surface area (Å²) in [5.74, 6) is -0.00222. The molecule has 0 fully saturated rings. The standard InChI is InChI=1S/C20H21N3O5S/c1-13-19(29(25,26)23-11-10-15-6-4-5-7-17(15)23)14(2)22(21-13)12-16-8-9-18(28-16)20(24)27-3/h4-9H,10-12H2,1-3H3. The summed E-state index contributed by atoms with van der Waals surface area (Å²) in [6, 6.07) is 10.7. The number of hydrogen-bond acceptors (Lipinski definition) is 6. The Balaban J connectivity index is 1.67. The van der Waals surface area contributed by atoms with E-state index in [0.717, 1.165) is 5.56 Å². The highest BCUT2D eigenvalue weighted by atomic mass is 32.2. The fraction of sp³-hybridized carbons (Fsp3) is 0.300. The van der Waals surface area contributed by atoms with E-state index in [2.05, 4.69) is 9.84 Å². The molecule has 4 rings (SSSR count). The summed E-state index contributed by atoms with van der Waals surface area (Å²) in [6.07, 6.45) is 0.685. The maximum Gasteiger partial charge on any atom is 0.373 e. The van der Waals surface area contributed by atoms with Crippen LogP contribution < -0.4 is 4.31 Å². The lowest BCUT2D eigenvalue weighted by atomic mass is 10.2. The summed E-state index contributed by atoms with van der Waals surface area (Å²) < 4.78 is 40.0. The van der Waals surface area contributed by atoms with Gasteiger partial charge in [-0.15, -0.1) is 0 Å². The van der Waals surface area contributed by atoms with Crippen LogP contribution in [0.5, 0.6) is 0 Å². The lowest BCUT2D eigenvalue weighted by Crippen LogP contribution is -2.30. The molecule has 2 aromatic heterocycles. The van der Waals surface area contributed by atoms with E-state index in [1.54, 1.807) is 24.6 Å². The Morgan fingerprint density at radius 3 is 2.72 bits per heavy atom. The van der Waals surface area contributed by atoms with E-state index in [1.165, 1.54) is 17.5 Å². The highest BCUT2D eigenvalue weighted by Crippen LogP contribution is 2.34. The molecule has 0 unspecified atom stereocenters. The maximum absolute atomic E-state index is 13.4. The third kappa shape index (κ3) is 3.21. The van der Waals surface area contributed by atoms with E-state index in [9.17, 15) is 13.2 Å². The van der Waals surface area contributed by atoms with Gasteiger partial charge < -0.3 is 9.15 Å². The molecule has 1 aromatic carbocycles. The Morgan fingerprint density at radius 1 is 1.21 bits per heavy atom. The maximum atomic E-state index is 13.4. The lowest BCUT2D eigenvalue weighted by Gasteiger charge is -2.19. The third-order valence-corrected chi connectivity index (χ3v) is 7.13. The second-order valence-electron chi connectivity index (χ2n) is 6.87. The van der Waals surface area contributed by atoms with Crippen molar-refractivity contribution >= 4 is 21.7 Å². The molecule has 29 heavy (non-hydrogen) atoms. The normalized spacial score (nSPS) is 13.6. The number of furan rings is 1. The Hall–Kier alpha value is -3.07. The molecule has 0 amide bonds. The zero-order valence-electron chi connectivity index (χ0n) is 16.4. The summed E-state index contributed by atoms with van der Waals surface area (Å²) in [6.45, 7) is 4.02. The summed E-state index contributed by atoms with van der Waals surface area (Å²) in [4.78, 5) is 11.8. The number of ether oxygens (including phenoxy) is 1. The van der Waals surface area contributed by atoms with Crippen molar-refractivity contribution in [3.8, 4) is 0 Å². The monoisotopic (exact) mass is 415 g/mol. The van der Waals surface area contributed by atoms with E-state index in [0.29, 0.717) is 35.8 Å². The number of aromatic nitrogens is 2. The molecule has 0 radical (unpaired) electrons. The molecule has 0 aliphatic carbocycles. The van der Waals surface area contributed by atoms with Crippen molar-refractivity contribution in [2.24, 2.45) is 0 Å². The van der Waals surface area contributed by atoms with Gasteiger partial charge in [0.2, 0.25) is 5.76 Å². The van der Waals surface area contributed by atoms with Crippen LogP contribution in [0.2, 0.25) is 0 Å².